The van der Waals surface area contributed by atoms with Crippen molar-refractivity contribution >= 4 is 17.6 Å². The van der Waals surface area contributed by atoms with Crippen molar-refractivity contribution in [2.45, 2.75) is 58.1 Å². The Morgan fingerprint density at radius 3 is 2.43 bits per heavy atom. The van der Waals surface area contributed by atoms with E-state index < -0.39 is 5.60 Å². The minimum absolute atomic E-state index is 0.0258. The standard InChI is InChI=1S/C28H34N2O5/c1-19-23(12-15-34-19)26(32)29(4)24(16-20-8-6-5-7-9-20)21-10-13-30(14-11-21)27(33)25-17-22(31)18-28(2,3)35-25/h5-9,12,15,17,21,24H,10-11,13-14,16,18H2,1-4H3. The van der Waals surface area contributed by atoms with Crippen LogP contribution in [0.5, 0.6) is 0 Å². The van der Waals surface area contributed by atoms with Crippen LogP contribution in [-0.2, 0) is 20.7 Å². The van der Waals surface area contributed by atoms with E-state index in [9.17, 15) is 14.4 Å². The number of rotatable bonds is 6. The van der Waals surface area contributed by atoms with Crippen LogP contribution in [-0.4, -0.2) is 59.2 Å². The SMILES string of the molecule is Cc1occc1C(=O)N(C)C(Cc1ccccc1)C1CCN(C(=O)C2=CC(=O)CC(C)(C)O2)CC1. The molecule has 4 rings (SSSR count). The summed E-state index contributed by atoms with van der Waals surface area (Å²) in [6, 6.07) is 11.9. The van der Waals surface area contributed by atoms with Crippen molar-refractivity contribution in [1.29, 1.82) is 0 Å². The number of nitrogens with zero attached hydrogens (tertiary/aromatic N) is 2. The lowest BCUT2D eigenvalue weighted by Crippen LogP contribution is -2.49. The molecule has 3 heterocycles. The van der Waals surface area contributed by atoms with Crippen LogP contribution in [0.4, 0.5) is 0 Å². The molecule has 2 aromatic rings. The molecule has 2 aliphatic heterocycles. The predicted octanol–water partition coefficient (Wildman–Crippen LogP) is 4.16. The van der Waals surface area contributed by atoms with Gasteiger partial charge in [0, 0.05) is 38.7 Å². The summed E-state index contributed by atoms with van der Waals surface area (Å²) in [7, 11) is 1.86. The van der Waals surface area contributed by atoms with Crippen LogP contribution in [0.25, 0.3) is 0 Å². The monoisotopic (exact) mass is 478 g/mol. The van der Waals surface area contributed by atoms with Gasteiger partial charge in [0.05, 0.1) is 11.8 Å². The molecule has 186 valence electrons. The average Bonchev–Trinajstić information content (AvgIpc) is 3.26. The van der Waals surface area contributed by atoms with E-state index in [1.54, 1.807) is 24.2 Å². The van der Waals surface area contributed by atoms with Crippen molar-refractivity contribution in [3.63, 3.8) is 0 Å². The van der Waals surface area contributed by atoms with Crippen molar-refractivity contribution in [1.82, 2.24) is 9.80 Å². The van der Waals surface area contributed by atoms with Crippen LogP contribution >= 0.6 is 0 Å². The van der Waals surface area contributed by atoms with Crippen LogP contribution in [0.15, 0.2) is 58.9 Å². The number of ether oxygens (including phenoxy) is 1. The average molecular weight is 479 g/mol. The number of aryl methyl sites for hydroxylation is 1. The number of amides is 2. The van der Waals surface area contributed by atoms with E-state index in [-0.39, 0.29) is 41.7 Å². The van der Waals surface area contributed by atoms with E-state index in [1.807, 2.05) is 44.0 Å². The zero-order valence-corrected chi connectivity index (χ0v) is 21.0. The number of hydrogen-bond acceptors (Lipinski definition) is 5. The summed E-state index contributed by atoms with van der Waals surface area (Å²) in [6.45, 7) is 6.54. The lowest BCUT2D eigenvalue weighted by atomic mass is 9.84. The molecule has 0 saturated carbocycles. The molecule has 2 aliphatic rings. The van der Waals surface area contributed by atoms with E-state index in [2.05, 4.69) is 12.1 Å². The smallest absolute Gasteiger partial charge is 0.289 e. The van der Waals surface area contributed by atoms with Gasteiger partial charge < -0.3 is 19.0 Å². The second kappa shape index (κ2) is 10.1. The molecular formula is C28H34N2O5. The predicted molar refractivity (Wildman–Crippen MR) is 132 cm³/mol. The summed E-state index contributed by atoms with van der Waals surface area (Å²) < 4.78 is 11.2. The lowest BCUT2D eigenvalue weighted by molar-refractivity contribution is -0.139. The molecule has 0 radical (unpaired) electrons. The molecule has 1 unspecified atom stereocenters. The van der Waals surface area contributed by atoms with E-state index >= 15 is 0 Å². The summed E-state index contributed by atoms with van der Waals surface area (Å²) in [5, 5.41) is 0. The first kappa shape index (κ1) is 24.8. The number of likely N-dealkylation sites (N-methyl/N-ethyl adjacent to an activating group) is 1. The number of piperidine rings is 1. The van der Waals surface area contributed by atoms with Crippen LogP contribution in [0.3, 0.4) is 0 Å². The summed E-state index contributed by atoms with van der Waals surface area (Å²) >= 11 is 0. The Balaban J connectivity index is 1.48. The highest BCUT2D eigenvalue weighted by atomic mass is 16.5. The zero-order chi connectivity index (χ0) is 25.2. The molecule has 2 amide bonds. The van der Waals surface area contributed by atoms with Gasteiger partial charge in [-0.05, 0) is 57.6 Å². The molecule has 1 saturated heterocycles. The van der Waals surface area contributed by atoms with E-state index in [0.29, 0.717) is 24.4 Å². The molecular weight excluding hydrogens is 444 g/mol. The third kappa shape index (κ3) is 5.66. The maximum Gasteiger partial charge on any atom is 0.289 e. The molecule has 1 fully saturated rings. The first-order valence-corrected chi connectivity index (χ1v) is 12.2. The third-order valence-corrected chi connectivity index (χ3v) is 7.05. The molecule has 0 N–H and O–H groups in total. The topological polar surface area (TPSA) is 80.1 Å². The van der Waals surface area contributed by atoms with E-state index in [1.165, 1.54) is 11.6 Å². The largest absolute Gasteiger partial charge is 0.481 e. The second-order valence-electron chi connectivity index (χ2n) is 10.2. The van der Waals surface area contributed by atoms with Gasteiger partial charge in [-0.25, -0.2) is 0 Å². The van der Waals surface area contributed by atoms with Gasteiger partial charge in [-0.2, -0.15) is 0 Å². The third-order valence-electron chi connectivity index (χ3n) is 7.05. The van der Waals surface area contributed by atoms with Crippen molar-refractivity contribution < 1.29 is 23.5 Å². The maximum absolute atomic E-state index is 13.3. The Labute approximate surface area is 206 Å². The normalized spacial score (nSPS) is 19.0. The fraction of sp³-hybridized carbons (Fsp3) is 0.464. The van der Waals surface area contributed by atoms with Gasteiger partial charge in [0.2, 0.25) is 0 Å². The minimum Gasteiger partial charge on any atom is -0.481 e. The Kier molecular flexibility index (Phi) is 7.15. The van der Waals surface area contributed by atoms with Gasteiger partial charge in [-0.15, -0.1) is 0 Å². The molecule has 7 heteroatoms. The number of ketones is 1. The number of allylic oxidation sites excluding steroid dienone is 1. The highest BCUT2D eigenvalue weighted by Crippen LogP contribution is 2.30. The van der Waals surface area contributed by atoms with E-state index in [0.717, 1.165) is 19.3 Å². The summed E-state index contributed by atoms with van der Waals surface area (Å²) in [5.41, 5.74) is 1.07. The number of furan rings is 1. The van der Waals surface area contributed by atoms with Crippen LogP contribution in [0, 0.1) is 12.8 Å². The van der Waals surface area contributed by atoms with Crippen molar-refractivity contribution in [2.24, 2.45) is 5.92 Å². The number of carbonyl (C=O) groups excluding carboxylic acids is 3. The second-order valence-corrected chi connectivity index (χ2v) is 10.2. The first-order chi connectivity index (χ1) is 16.6. The van der Waals surface area contributed by atoms with Gasteiger partial charge in [0.15, 0.2) is 11.5 Å². The molecule has 7 nitrogen and oxygen atoms in total. The van der Waals surface area contributed by atoms with Gasteiger partial charge in [-0.1, -0.05) is 30.3 Å². The Morgan fingerprint density at radius 2 is 1.83 bits per heavy atom. The quantitative estimate of drug-likeness (QED) is 0.623. The number of benzene rings is 1. The van der Waals surface area contributed by atoms with E-state index in [4.69, 9.17) is 9.15 Å². The molecule has 0 spiro atoms. The highest BCUT2D eigenvalue weighted by Gasteiger charge is 2.37. The Bertz CT molecular complexity index is 1110. The van der Waals surface area contributed by atoms with Crippen LogP contribution in [0.2, 0.25) is 0 Å². The van der Waals surface area contributed by atoms with Crippen LogP contribution in [0.1, 0.15) is 54.8 Å². The van der Waals surface area contributed by atoms with Gasteiger partial charge in [0.1, 0.15) is 11.4 Å². The molecule has 35 heavy (non-hydrogen) atoms. The van der Waals surface area contributed by atoms with Crippen molar-refractivity contribution in [3.05, 3.63) is 71.4 Å². The zero-order valence-electron chi connectivity index (χ0n) is 21.0. The number of likely N-dealkylation sites (tertiary alicyclic amines) is 1. The molecule has 1 aromatic carbocycles. The highest BCUT2D eigenvalue weighted by molar-refractivity contribution is 6.01. The molecule has 1 atom stereocenters. The molecule has 0 bridgehead atoms. The first-order valence-electron chi connectivity index (χ1n) is 12.2. The lowest BCUT2D eigenvalue weighted by Gasteiger charge is -2.41. The fourth-order valence-electron chi connectivity index (χ4n) is 5.15. The van der Waals surface area contributed by atoms with Gasteiger partial charge in [0.25, 0.3) is 11.8 Å². The summed E-state index contributed by atoms with van der Waals surface area (Å²) in [5.74, 6) is 0.587. The minimum atomic E-state index is -0.676. The van der Waals surface area contributed by atoms with Crippen LogP contribution < -0.4 is 0 Å². The number of hydrogen-bond donors (Lipinski definition) is 0. The summed E-state index contributed by atoms with van der Waals surface area (Å²) in [4.78, 5) is 42.1. The molecule has 1 aromatic heterocycles. The van der Waals surface area contributed by atoms with Crippen molar-refractivity contribution in [2.75, 3.05) is 20.1 Å². The molecule has 0 aliphatic carbocycles. The Morgan fingerprint density at radius 1 is 1.14 bits per heavy atom. The number of carbonyl (C=O) groups is 3. The maximum atomic E-state index is 13.3. The fourth-order valence-corrected chi connectivity index (χ4v) is 5.15. The Hall–Kier alpha value is -3.35. The van der Waals surface area contributed by atoms with Gasteiger partial charge >= 0.3 is 0 Å². The van der Waals surface area contributed by atoms with Crippen molar-refractivity contribution in [3.8, 4) is 0 Å². The van der Waals surface area contributed by atoms with Gasteiger partial charge in [-0.3, -0.25) is 14.4 Å². The summed E-state index contributed by atoms with van der Waals surface area (Å²) in [6.07, 6.45) is 5.39.